The van der Waals surface area contributed by atoms with Crippen molar-refractivity contribution in [2.45, 2.75) is 0 Å². The van der Waals surface area contributed by atoms with Gasteiger partial charge in [-0.05, 0) is 18.2 Å². The van der Waals surface area contributed by atoms with Crippen molar-refractivity contribution in [1.82, 2.24) is 15.2 Å². The monoisotopic (exact) mass is 381 g/mol. The number of ether oxygens (including phenoxy) is 2. The summed E-state index contributed by atoms with van der Waals surface area (Å²) in [6, 6.07) is 12.7. The Morgan fingerprint density at radius 2 is 1.54 bits per heavy atom. The maximum atomic E-state index is 12.5. The van der Waals surface area contributed by atoms with Crippen LogP contribution >= 0.6 is 0 Å². The third kappa shape index (κ3) is 4.09. The van der Waals surface area contributed by atoms with Crippen molar-refractivity contribution in [3.05, 3.63) is 59.8 Å². The molecule has 28 heavy (non-hydrogen) atoms. The Bertz CT molecular complexity index is 988. The topological polar surface area (TPSA) is 81.6 Å². The highest BCUT2D eigenvalue weighted by molar-refractivity contribution is 6.07. The minimum atomic E-state index is -0.267. The highest BCUT2D eigenvalue weighted by atomic mass is 16.5. The molecule has 0 aliphatic heterocycles. The van der Waals surface area contributed by atoms with Gasteiger partial charge in [-0.1, -0.05) is 18.2 Å². The third-order valence-corrected chi connectivity index (χ3v) is 4.45. The van der Waals surface area contributed by atoms with Crippen molar-refractivity contribution in [2.24, 2.45) is 7.05 Å². The van der Waals surface area contributed by atoms with E-state index in [1.165, 1.54) is 14.2 Å². The second-order valence-electron chi connectivity index (χ2n) is 6.28. The molecule has 0 unspecified atom stereocenters. The van der Waals surface area contributed by atoms with Crippen LogP contribution in [0.5, 0.6) is 11.5 Å². The van der Waals surface area contributed by atoms with E-state index < -0.39 is 0 Å². The fourth-order valence-corrected chi connectivity index (χ4v) is 3.01. The maximum Gasteiger partial charge on any atom is 0.253 e. The summed E-state index contributed by atoms with van der Waals surface area (Å²) in [4.78, 5) is 24.8. The summed E-state index contributed by atoms with van der Waals surface area (Å²) in [6.45, 7) is 0.615. The van der Waals surface area contributed by atoms with Gasteiger partial charge < -0.3 is 24.7 Å². The molecule has 2 N–H and O–H groups in total. The van der Waals surface area contributed by atoms with Gasteiger partial charge in [0.25, 0.3) is 11.8 Å². The van der Waals surface area contributed by atoms with Crippen LogP contribution in [0.3, 0.4) is 0 Å². The first-order valence-electron chi connectivity index (χ1n) is 8.87. The summed E-state index contributed by atoms with van der Waals surface area (Å²) in [5.41, 5.74) is 2.03. The first-order chi connectivity index (χ1) is 13.5. The van der Waals surface area contributed by atoms with Gasteiger partial charge in [0.1, 0.15) is 11.5 Å². The number of benzene rings is 2. The van der Waals surface area contributed by atoms with Crippen LogP contribution in [0, 0.1) is 0 Å². The average Bonchev–Trinajstić information content (AvgIpc) is 3.07. The number of hydrogen-bond donors (Lipinski definition) is 2. The molecule has 0 atom stereocenters. The van der Waals surface area contributed by atoms with Crippen LogP contribution in [0.4, 0.5) is 0 Å². The largest absolute Gasteiger partial charge is 0.497 e. The van der Waals surface area contributed by atoms with E-state index in [-0.39, 0.29) is 11.8 Å². The number of methoxy groups -OCH3 is 2. The molecule has 0 saturated heterocycles. The number of carbonyl (C=O) groups excluding carboxylic acids is 2. The van der Waals surface area contributed by atoms with Gasteiger partial charge in [-0.3, -0.25) is 9.59 Å². The molecule has 2 amide bonds. The number of aromatic nitrogens is 1. The molecule has 1 heterocycles. The molecule has 7 nitrogen and oxygen atoms in total. The SMILES string of the molecule is COc1cc(OC)cc(C(=O)NCCNC(=O)c2cn(C)c3ccccc23)c1. The van der Waals surface area contributed by atoms with Gasteiger partial charge >= 0.3 is 0 Å². The second-order valence-corrected chi connectivity index (χ2v) is 6.28. The van der Waals surface area contributed by atoms with E-state index in [2.05, 4.69) is 10.6 Å². The molecule has 0 aliphatic carbocycles. The van der Waals surface area contributed by atoms with Crippen LogP contribution in [0.25, 0.3) is 10.9 Å². The smallest absolute Gasteiger partial charge is 0.253 e. The number of rotatable bonds is 7. The zero-order chi connectivity index (χ0) is 20.1. The van der Waals surface area contributed by atoms with Crippen LogP contribution in [-0.2, 0) is 7.05 Å². The molecule has 0 bridgehead atoms. The fraction of sp³-hybridized carbons (Fsp3) is 0.238. The normalized spacial score (nSPS) is 10.5. The minimum Gasteiger partial charge on any atom is -0.497 e. The number of carbonyl (C=O) groups is 2. The van der Waals surface area contributed by atoms with Crippen LogP contribution in [0.2, 0.25) is 0 Å². The standard InChI is InChI=1S/C21H23N3O4/c1-24-13-18(17-6-4-5-7-19(17)24)21(26)23-9-8-22-20(25)14-10-15(27-2)12-16(11-14)28-3/h4-7,10-13H,8-9H2,1-3H3,(H,22,25)(H,23,26). The molecule has 0 radical (unpaired) electrons. The highest BCUT2D eigenvalue weighted by Gasteiger charge is 2.13. The number of nitrogens with zero attached hydrogens (tertiary/aromatic N) is 1. The lowest BCUT2D eigenvalue weighted by molar-refractivity contribution is 0.0928. The molecule has 146 valence electrons. The lowest BCUT2D eigenvalue weighted by Crippen LogP contribution is -2.34. The number of fused-ring (bicyclic) bond motifs is 1. The zero-order valence-electron chi connectivity index (χ0n) is 16.1. The molecule has 2 aromatic carbocycles. The molecule has 0 aliphatic rings. The van der Waals surface area contributed by atoms with E-state index in [1.807, 2.05) is 35.9 Å². The predicted molar refractivity (Wildman–Crippen MR) is 107 cm³/mol. The van der Waals surface area contributed by atoms with Crippen molar-refractivity contribution < 1.29 is 19.1 Å². The molecule has 0 fully saturated rings. The van der Waals surface area contributed by atoms with Crippen LogP contribution in [0.1, 0.15) is 20.7 Å². The van der Waals surface area contributed by atoms with Gasteiger partial charge in [0.2, 0.25) is 0 Å². The van der Waals surface area contributed by atoms with Crippen molar-refractivity contribution in [3.8, 4) is 11.5 Å². The molecular formula is C21H23N3O4. The first kappa shape index (κ1) is 19.3. The van der Waals surface area contributed by atoms with Gasteiger partial charge in [-0.2, -0.15) is 0 Å². The van der Waals surface area contributed by atoms with E-state index in [9.17, 15) is 9.59 Å². The van der Waals surface area contributed by atoms with Gasteiger partial charge in [0.05, 0.1) is 19.8 Å². The van der Waals surface area contributed by atoms with Crippen LogP contribution in [0.15, 0.2) is 48.7 Å². The first-order valence-corrected chi connectivity index (χ1v) is 8.87. The molecule has 7 heteroatoms. The lowest BCUT2D eigenvalue weighted by Gasteiger charge is -2.10. The number of para-hydroxylation sites is 1. The maximum absolute atomic E-state index is 12.5. The van der Waals surface area contributed by atoms with Gasteiger partial charge in [0.15, 0.2) is 0 Å². The van der Waals surface area contributed by atoms with E-state index >= 15 is 0 Å². The molecule has 1 aromatic heterocycles. The minimum absolute atomic E-state index is 0.172. The Balaban J connectivity index is 1.57. The lowest BCUT2D eigenvalue weighted by atomic mass is 10.1. The van der Waals surface area contributed by atoms with E-state index in [1.54, 1.807) is 24.4 Å². The Kier molecular flexibility index (Phi) is 5.84. The molecule has 3 rings (SSSR count). The summed E-state index contributed by atoms with van der Waals surface area (Å²) >= 11 is 0. The van der Waals surface area contributed by atoms with Crippen molar-refractivity contribution in [1.29, 1.82) is 0 Å². The summed E-state index contributed by atoms with van der Waals surface area (Å²) in [5, 5.41) is 6.52. The van der Waals surface area contributed by atoms with E-state index in [4.69, 9.17) is 9.47 Å². The van der Waals surface area contributed by atoms with E-state index in [0.717, 1.165) is 10.9 Å². The van der Waals surface area contributed by atoms with Gasteiger partial charge in [-0.15, -0.1) is 0 Å². The Morgan fingerprint density at radius 1 is 0.929 bits per heavy atom. The number of aryl methyl sites for hydroxylation is 1. The molecule has 3 aromatic rings. The van der Waals surface area contributed by atoms with E-state index in [0.29, 0.717) is 35.7 Å². The van der Waals surface area contributed by atoms with Gasteiger partial charge in [-0.25, -0.2) is 0 Å². The van der Waals surface area contributed by atoms with Crippen molar-refractivity contribution in [2.75, 3.05) is 27.3 Å². The molecule has 0 spiro atoms. The Morgan fingerprint density at radius 3 is 2.18 bits per heavy atom. The summed E-state index contributed by atoms with van der Waals surface area (Å²) in [5.74, 6) is 0.633. The summed E-state index contributed by atoms with van der Waals surface area (Å²) in [6.07, 6.45) is 1.81. The average molecular weight is 381 g/mol. The molecular weight excluding hydrogens is 358 g/mol. The third-order valence-electron chi connectivity index (χ3n) is 4.45. The highest BCUT2D eigenvalue weighted by Crippen LogP contribution is 2.22. The summed E-state index contributed by atoms with van der Waals surface area (Å²) in [7, 11) is 4.96. The fourth-order valence-electron chi connectivity index (χ4n) is 3.01. The Hall–Kier alpha value is -3.48. The quantitative estimate of drug-likeness (QED) is 0.616. The number of amides is 2. The Labute approximate surface area is 163 Å². The second kappa shape index (κ2) is 8.47. The van der Waals surface area contributed by atoms with Crippen LogP contribution in [-0.4, -0.2) is 43.7 Å². The van der Waals surface area contributed by atoms with Crippen molar-refractivity contribution >= 4 is 22.7 Å². The number of nitrogens with one attached hydrogen (secondary N) is 2. The zero-order valence-corrected chi connectivity index (χ0v) is 16.1. The predicted octanol–water partition coefficient (Wildman–Crippen LogP) is 2.36. The van der Waals surface area contributed by atoms with Crippen LogP contribution < -0.4 is 20.1 Å². The van der Waals surface area contributed by atoms with Crippen molar-refractivity contribution in [3.63, 3.8) is 0 Å². The van der Waals surface area contributed by atoms with Gasteiger partial charge in [0, 0.05) is 48.9 Å². The molecule has 0 saturated carbocycles. The number of hydrogen-bond acceptors (Lipinski definition) is 4. The summed E-state index contributed by atoms with van der Waals surface area (Å²) < 4.78 is 12.3.